The lowest BCUT2D eigenvalue weighted by atomic mass is 10.1. The number of carbonyl (C=O) groups is 2. The van der Waals surface area contributed by atoms with Crippen LogP contribution in [0.2, 0.25) is 5.02 Å². The van der Waals surface area contributed by atoms with Crippen LogP contribution in [0.4, 0.5) is 4.79 Å². The summed E-state index contributed by atoms with van der Waals surface area (Å²) in [5.41, 5.74) is 1.10. The highest BCUT2D eigenvalue weighted by molar-refractivity contribution is 7.99. The fourth-order valence-electron chi connectivity index (χ4n) is 2.92. The van der Waals surface area contributed by atoms with Gasteiger partial charge in [-0.05, 0) is 57.5 Å². The molecule has 162 valence electrons. The van der Waals surface area contributed by atoms with E-state index in [1.807, 2.05) is 27.7 Å². The third-order valence-electron chi connectivity index (χ3n) is 4.30. The molecule has 0 spiro atoms. The molecule has 1 aromatic heterocycles. The molecule has 3 amide bonds. The first kappa shape index (κ1) is 22.8. The Morgan fingerprint density at radius 3 is 2.55 bits per heavy atom. The molecule has 0 radical (unpaired) electrons. The Hall–Kier alpha value is -2.84. The summed E-state index contributed by atoms with van der Waals surface area (Å²) in [6, 6.07) is 11.7. The maximum atomic E-state index is 13.3. The van der Waals surface area contributed by atoms with Crippen molar-refractivity contribution in [3.05, 3.63) is 63.4 Å². The van der Waals surface area contributed by atoms with Crippen molar-refractivity contribution < 1.29 is 9.59 Å². The smallest absolute Gasteiger partial charge is 0.321 e. The van der Waals surface area contributed by atoms with Gasteiger partial charge >= 0.3 is 6.03 Å². The number of rotatable bonds is 4. The van der Waals surface area contributed by atoms with E-state index in [0.717, 1.165) is 17.3 Å². The number of hydrogen-bond acceptors (Lipinski definition) is 5. The van der Waals surface area contributed by atoms with E-state index in [2.05, 4.69) is 15.6 Å². The maximum Gasteiger partial charge on any atom is 0.321 e. The summed E-state index contributed by atoms with van der Waals surface area (Å²) in [7, 11) is 0. The number of hydrogen-bond donors (Lipinski definition) is 2. The molecule has 2 N–H and O–H groups in total. The van der Waals surface area contributed by atoms with Crippen LogP contribution in [-0.4, -0.2) is 32.8 Å². The van der Waals surface area contributed by atoms with Gasteiger partial charge in [0, 0.05) is 10.6 Å². The predicted molar refractivity (Wildman–Crippen MR) is 124 cm³/mol. The van der Waals surface area contributed by atoms with Crippen LogP contribution in [0.5, 0.6) is 0 Å². The topological polar surface area (TPSA) is 93.1 Å². The quantitative estimate of drug-likeness (QED) is 0.454. The van der Waals surface area contributed by atoms with Crippen molar-refractivity contribution in [2.45, 2.75) is 38.4 Å². The first-order chi connectivity index (χ1) is 14.6. The molecule has 0 bridgehead atoms. The second-order valence-corrected chi connectivity index (χ2v) is 9.33. The van der Waals surface area contributed by atoms with Crippen molar-refractivity contribution in [2.24, 2.45) is 0 Å². The number of halogens is 1. The molecule has 31 heavy (non-hydrogen) atoms. The van der Waals surface area contributed by atoms with Crippen LogP contribution in [0.3, 0.4) is 0 Å². The number of nitrogens with zero attached hydrogens (tertiary/aromatic N) is 2. The van der Waals surface area contributed by atoms with E-state index in [9.17, 15) is 14.4 Å². The van der Waals surface area contributed by atoms with Gasteiger partial charge in [-0.25, -0.2) is 9.78 Å². The second-order valence-electron chi connectivity index (χ2n) is 7.98. The molecule has 0 unspecified atom stereocenters. The van der Waals surface area contributed by atoms with Gasteiger partial charge in [-0.15, -0.1) is 0 Å². The summed E-state index contributed by atoms with van der Waals surface area (Å²) in [6.07, 6.45) is 0. The Morgan fingerprint density at radius 2 is 1.84 bits per heavy atom. The zero-order valence-electron chi connectivity index (χ0n) is 17.7. The summed E-state index contributed by atoms with van der Waals surface area (Å²) in [6.45, 7) is 7.27. The van der Waals surface area contributed by atoms with Gasteiger partial charge < -0.3 is 5.32 Å². The summed E-state index contributed by atoms with van der Waals surface area (Å²) >= 11 is 7.34. The summed E-state index contributed by atoms with van der Waals surface area (Å²) in [5, 5.41) is 6.27. The Kier molecular flexibility index (Phi) is 6.71. The molecular weight excluding hydrogens is 436 g/mol. The standard InChI is InChI=1S/C22H23ClN4O3S/c1-13-15(23)9-7-11-17(13)27-19(29)14-8-5-6-10-16(14)24-21(27)31-12-18(28)25-20(30)26-22(2,3)4/h5-11H,12H2,1-4H3,(H2,25,26,28,30). The fraction of sp³-hybridized carbons (Fsp3) is 0.273. The van der Waals surface area contributed by atoms with Crippen LogP contribution in [0, 0.1) is 6.92 Å². The Morgan fingerprint density at radius 1 is 1.13 bits per heavy atom. The van der Waals surface area contributed by atoms with Crippen molar-refractivity contribution in [3.8, 4) is 5.69 Å². The molecule has 2 aromatic carbocycles. The van der Waals surface area contributed by atoms with Gasteiger partial charge in [-0.3, -0.25) is 19.5 Å². The molecule has 0 atom stereocenters. The molecule has 0 aliphatic carbocycles. The Labute approximate surface area is 189 Å². The summed E-state index contributed by atoms with van der Waals surface area (Å²) < 4.78 is 1.46. The van der Waals surface area contributed by atoms with Gasteiger partial charge in [-0.2, -0.15) is 0 Å². The molecule has 0 fully saturated rings. The van der Waals surface area contributed by atoms with E-state index in [1.54, 1.807) is 42.5 Å². The average Bonchev–Trinajstić information content (AvgIpc) is 2.67. The maximum absolute atomic E-state index is 13.3. The lowest BCUT2D eigenvalue weighted by Gasteiger charge is -2.20. The number of amides is 3. The van der Waals surface area contributed by atoms with Gasteiger partial charge in [0.1, 0.15) is 0 Å². The van der Waals surface area contributed by atoms with Crippen LogP contribution < -0.4 is 16.2 Å². The third kappa shape index (κ3) is 5.45. The van der Waals surface area contributed by atoms with Crippen molar-refractivity contribution in [1.82, 2.24) is 20.2 Å². The van der Waals surface area contributed by atoms with Gasteiger partial charge in [0.2, 0.25) is 5.91 Å². The van der Waals surface area contributed by atoms with E-state index < -0.39 is 17.5 Å². The third-order valence-corrected chi connectivity index (χ3v) is 5.65. The lowest BCUT2D eigenvalue weighted by molar-refractivity contribution is -0.117. The first-order valence-electron chi connectivity index (χ1n) is 9.59. The number of imide groups is 1. The number of urea groups is 1. The number of thioether (sulfide) groups is 1. The highest BCUT2D eigenvalue weighted by Gasteiger charge is 2.19. The fourth-order valence-corrected chi connectivity index (χ4v) is 3.90. The Bertz CT molecular complexity index is 1220. The van der Waals surface area contributed by atoms with E-state index in [-0.39, 0.29) is 11.3 Å². The van der Waals surface area contributed by atoms with E-state index in [1.165, 1.54) is 4.57 Å². The largest absolute Gasteiger partial charge is 0.333 e. The van der Waals surface area contributed by atoms with Gasteiger partial charge in [-0.1, -0.05) is 41.6 Å². The van der Waals surface area contributed by atoms with E-state index in [4.69, 9.17) is 11.6 Å². The minimum atomic E-state index is -0.576. The number of aromatic nitrogens is 2. The molecule has 0 saturated heterocycles. The van der Waals surface area contributed by atoms with E-state index >= 15 is 0 Å². The van der Waals surface area contributed by atoms with Crippen LogP contribution in [0.25, 0.3) is 16.6 Å². The van der Waals surface area contributed by atoms with Crippen LogP contribution in [0.1, 0.15) is 26.3 Å². The second kappa shape index (κ2) is 9.11. The minimum Gasteiger partial charge on any atom is -0.333 e. The zero-order valence-corrected chi connectivity index (χ0v) is 19.2. The number of carbonyl (C=O) groups excluding carboxylic acids is 2. The van der Waals surface area contributed by atoms with E-state index in [0.29, 0.717) is 26.8 Å². The number of fused-ring (bicyclic) bond motifs is 1. The number of nitrogens with one attached hydrogen (secondary N) is 2. The SMILES string of the molecule is Cc1c(Cl)cccc1-n1c(SCC(=O)NC(=O)NC(C)(C)C)nc2ccccc2c1=O. The summed E-state index contributed by atoms with van der Waals surface area (Å²) in [4.78, 5) is 42.1. The summed E-state index contributed by atoms with van der Waals surface area (Å²) in [5.74, 6) is -0.592. The molecule has 3 aromatic rings. The minimum absolute atomic E-state index is 0.0953. The average molecular weight is 459 g/mol. The highest BCUT2D eigenvalue weighted by Crippen LogP contribution is 2.26. The van der Waals surface area contributed by atoms with Crippen molar-refractivity contribution >= 4 is 46.2 Å². The van der Waals surface area contributed by atoms with Crippen molar-refractivity contribution in [1.29, 1.82) is 0 Å². The number of benzene rings is 2. The Balaban J connectivity index is 1.96. The van der Waals surface area contributed by atoms with Crippen molar-refractivity contribution in [3.63, 3.8) is 0 Å². The van der Waals surface area contributed by atoms with Gasteiger partial charge in [0.25, 0.3) is 5.56 Å². The van der Waals surface area contributed by atoms with Gasteiger partial charge in [0.15, 0.2) is 5.16 Å². The molecule has 0 saturated carbocycles. The molecule has 0 aliphatic rings. The van der Waals surface area contributed by atoms with Crippen LogP contribution in [-0.2, 0) is 4.79 Å². The zero-order chi connectivity index (χ0) is 22.8. The molecular formula is C22H23ClN4O3S. The molecule has 1 heterocycles. The van der Waals surface area contributed by atoms with Gasteiger partial charge in [0.05, 0.1) is 22.3 Å². The number of para-hydroxylation sites is 1. The molecule has 0 aliphatic heterocycles. The monoisotopic (exact) mass is 458 g/mol. The van der Waals surface area contributed by atoms with Crippen molar-refractivity contribution in [2.75, 3.05) is 5.75 Å². The molecule has 7 nitrogen and oxygen atoms in total. The predicted octanol–water partition coefficient (Wildman–Crippen LogP) is 4.06. The normalized spacial score (nSPS) is 11.4. The molecule has 9 heteroatoms. The lowest BCUT2D eigenvalue weighted by Crippen LogP contribution is -2.48. The first-order valence-corrected chi connectivity index (χ1v) is 11.0. The molecule has 3 rings (SSSR count). The van der Waals surface area contributed by atoms with Crippen LogP contribution >= 0.6 is 23.4 Å². The highest BCUT2D eigenvalue weighted by atomic mass is 35.5. The van der Waals surface area contributed by atoms with Crippen LogP contribution in [0.15, 0.2) is 52.4 Å².